The molecular weight excluding hydrogens is 636 g/mol. The number of carbonyl (C=O) groups is 1. The number of amides is 1. The standard InChI is InChI=1S/C33H36F4N6O3S/c1-21(23-14-25(35)16-26(36)15-23)29(22-6-8-24(34)9-7-22)17-32(44)40-31-20-39-19-30(37)28(31)5-3-4-27-18-38-11-13-43(27)47(45,46)33-10-12-42(2)41-33/h6-10,12,14-16,19-21,27,29,38H,3-5,11,13,17-18H2,1-2H3,(H,40,44)/t21-,27+,29-/m1/s1. The molecule has 9 nitrogen and oxygen atoms in total. The van der Waals surface area contributed by atoms with Crippen LogP contribution in [0.15, 0.2) is 72.1 Å². The summed E-state index contributed by atoms with van der Waals surface area (Å²) in [6.07, 6.45) is 4.82. The molecule has 4 aromatic rings. The summed E-state index contributed by atoms with van der Waals surface area (Å²) in [5, 5.41) is 10.00. The maximum Gasteiger partial charge on any atom is 0.262 e. The molecule has 0 bridgehead atoms. The van der Waals surface area contributed by atoms with Crippen molar-refractivity contribution >= 4 is 21.6 Å². The van der Waals surface area contributed by atoms with Gasteiger partial charge < -0.3 is 10.6 Å². The summed E-state index contributed by atoms with van der Waals surface area (Å²) >= 11 is 0. The molecule has 14 heteroatoms. The third kappa shape index (κ3) is 8.24. The molecule has 0 unspecified atom stereocenters. The first-order valence-corrected chi connectivity index (χ1v) is 16.7. The van der Waals surface area contributed by atoms with Gasteiger partial charge >= 0.3 is 0 Å². The Morgan fingerprint density at radius 3 is 2.43 bits per heavy atom. The highest BCUT2D eigenvalue weighted by Gasteiger charge is 2.34. The van der Waals surface area contributed by atoms with Gasteiger partial charge in [-0.1, -0.05) is 19.1 Å². The second-order valence-electron chi connectivity index (χ2n) is 11.7. The SMILES string of the molecule is C[C@H](c1cc(F)cc(F)c1)[C@@H](CC(=O)Nc1cncc(F)c1CCC[C@H]1CNCCN1S(=O)(=O)c1ccn(C)n1)c1ccc(F)cc1. The molecule has 5 rings (SSSR count). The predicted octanol–water partition coefficient (Wildman–Crippen LogP) is 5.27. The average Bonchev–Trinajstić information content (AvgIpc) is 3.48. The zero-order valence-corrected chi connectivity index (χ0v) is 26.8. The van der Waals surface area contributed by atoms with Gasteiger partial charge in [0, 0.05) is 57.0 Å². The molecular formula is C33H36F4N6O3S. The Balaban J connectivity index is 1.30. The molecule has 1 aliphatic heterocycles. The largest absolute Gasteiger partial charge is 0.324 e. The summed E-state index contributed by atoms with van der Waals surface area (Å²) in [6.45, 7) is 2.91. The normalized spacial score (nSPS) is 16.9. The number of pyridine rings is 1. The van der Waals surface area contributed by atoms with Crippen LogP contribution in [0, 0.1) is 23.3 Å². The van der Waals surface area contributed by atoms with Crippen LogP contribution in [0.5, 0.6) is 0 Å². The lowest BCUT2D eigenvalue weighted by atomic mass is 9.80. The number of carbonyl (C=O) groups excluding carboxylic acids is 1. The zero-order valence-electron chi connectivity index (χ0n) is 26.0. The van der Waals surface area contributed by atoms with Gasteiger partial charge in [-0.3, -0.25) is 14.5 Å². The van der Waals surface area contributed by atoms with E-state index in [1.54, 1.807) is 20.2 Å². The van der Waals surface area contributed by atoms with Crippen LogP contribution >= 0.6 is 0 Å². The number of anilines is 1. The fraction of sp³-hybridized carbons (Fsp3) is 0.364. The maximum atomic E-state index is 15.1. The van der Waals surface area contributed by atoms with Gasteiger partial charge in [-0.15, -0.1) is 0 Å². The molecule has 1 aliphatic rings. The number of aromatic nitrogens is 3. The molecule has 0 radical (unpaired) electrons. The van der Waals surface area contributed by atoms with Crippen molar-refractivity contribution in [1.29, 1.82) is 0 Å². The number of sulfonamides is 1. The molecule has 0 aliphatic carbocycles. The lowest BCUT2D eigenvalue weighted by Gasteiger charge is -2.34. The van der Waals surface area contributed by atoms with Crippen molar-refractivity contribution in [3.8, 4) is 0 Å². The van der Waals surface area contributed by atoms with Crippen LogP contribution in [0.3, 0.4) is 0 Å². The highest BCUT2D eigenvalue weighted by atomic mass is 32.2. The molecule has 0 saturated carbocycles. The molecule has 2 aromatic carbocycles. The first-order valence-electron chi connectivity index (χ1n) is 15.3. The Morgan fingerprint density at radius 1 is 1.02 bits per heavy atom. The highest BCUT2D eigenvalue weighted by molar-refractivity contribution is 7.89. The highest BCUT2D eigenvalue weighted by Crippen LogP contribution is 2.37. The molecule has 250 valence electrons. The minimum atomic E-state index is -3.83. The van der Waals surface area contributed by atoms with Crippen LogP contribution in [0.25, 0.3) is 0 Å². The minimum absolute atomic E-state index is 0.0344. The van der Waals surface area contributed by atoms with E-state index >= 15 is 4.39 Å². The number of nitrogens with one attached hydrogen (secondary N) is 2. The van der Waals surface area contributed by atoms with Crippen LogP contribution in [-0.2, 0) is 28.3 Å². The second-order valence-corrected chi connectivity index (χ2v) is 13.6. The maximum absolute atomic E-state index is 15.1. The van der Waals surface area contributed by atoms with Crippen molar-refractivity contribution in [2.75, 3.05) is 25.0 Å². The minimum Gasteiger partial charge on any atom is -0.324 e. The van der Waals surface area contributed by atoms with E-state index in [0.29, 0.717) is 37.1 Å². The first kappa shape index (κ1) is 34.2. The van der Waals surface area contributed by atoms with E-state index in [9.17, 15) is 26.4 Å². The summed E-state index contributed by atoms with van der Waals surface area (Å²) in [6, 6.07) is 9.75. The molecule has 47 heavy (non-hydrogen) atoms. The fourth-order valence-electron chi connectivity index (χ4n) is 6.06. The van der Waals surface area contributed by atoms with Gasteiger partial charge in [0.05, 0.1) is 18.1 Å². The molecule has 3 heterocycles. The smallest absolute Gasteiger partial charge is 0.262 e. The Morgan fingerprint density at radius 2 is 1.74 bits per heavy atom. The molecule has 1 amide bonds. The van der Waals surface area contributed by atoms with Crippen molar-refractivity contribution < 1.29 is 30.8 Å². The van der Waals surface area contributed by atoms with E-state index in [4.69, 9.17) is 0 Å². The van der Waals surface area contributed by atoms with Gasteiger partial charge in [-0.05, 0) is 72.6 Å². The van der Waals surface area contributed by atoms with E-state index in [-0.39, 0.29) is 41.7 Å². The molecule has 3 atom stereocenters. The van der Waals surface area contributed by atoms with Crippen molar-refractivity contribution in [3.05, 3.63) is 107 Å². The summed E-state index contributed by atoms with van der Waals surface area (Å²) in [5.41, 5.74) is 1.29. The quantitative estimate of drug-likeness (QED) is 0.199. The number of aryl methyl sites for hydroxylation is 1. The van der Waals surface area contributed by atoms with Crippen LogP contribution in [-0.4, -0.2) is 59.1 Å². The average molecular weight is 673 g/mol. The topological polar surface area (TPSA) is 109 Å². The molecule has 2 N–H and O–H groups in total. The van der Waals surface area contributed by atoms with Crippen molar-refractivity contribution in [2.24, 2.45) is 7.05 Å². The lowest BCUT2D eigenvalue weighted by Crippen LogP contribution is -2.53. The zero-order chi connectivity index (χ0) is 33.7. The van der Waals surface area contributed by atoms with Crippen LogP contribution in [0.1, 0.15) is 54.7 Å². The molecule has 2 aromatic heterocycles. The summed E-state index contributed by atoms with van der Waals surface area (Å²) < 4.78 is 86.4. The van der Waals surface area contributed by atoms with Crippen molar-refractivity contribution in [2.45, 2.75) is 55.5 Å². The van der Waals surface area contributed by atoms with E-state index in [0.717, 1.165) is 12.3 Å². The Hall–Kier alpha value is -4.14. The number of nitrogens with zero attached hydrogens (tertiary/aromatic N) is 4. The number of hydrogen-bond acceptors (Lipinski definition) is 6. The number of halogens is 4. The number of benzene rings is 2. The van der Waals surface area contributed by atoms with Gasteiger partial charge in [0.2, 0.25) is 5.91 Å². The molecule has 0 spiro atoms. The van der Waals surface area contributed by atoms with Gasteiger partial charge in [-0.2, -0.15) is 9.40 Å². The van der Waals surface area contributed by atoms with Crippen LogP contribution in [0.4, 0.5) is 23.2 Å². The molecule has 1 fully saturated rings. The van der Waals surface area contributed by atoms with E-state index in [1.165, 1.54) is 57.6 Å². The summed E-state index contributed by atoms with van der Waals surface area (Å²) in [5.74, 6) is -4.26. The number of rotatable bonds is 12. The molecule has 1 saturated heterocycles. The van der Waals surface area contributed by atoms with Gasteiger partial charge in [0.1, 0.15) is 23.3 Å². The van der Waals surface area contributed by atoms with Crippen LogP contribution < -0.4 is 10.6 Å². The summed E-state index contributed by atoms with van der Waals surface area (Å²) in [4.78, 5) is 17.3. The number of piperazine rings is 1. The second kappa shape index (κ2) is 14.7. The van der Waals surface area contributed by atoms with Crippen molar-refractivity contribution in [3.63, 3.8) is 0 Å². The third-order valence-corrected chi connectivity index (χ3v) is 10.4. The Kier molecular flexibility index (Phi) is 10.7. The monoisotopic (exact) mass is 672 g/mol. The lowest BCUT2D eigenvalue weighted by molar-refractivity contribution is -0.116. The van der Waals surface area contributed by atoms with E-state index in [2.05, 4.69) is 20.7 Å². The fourth-order valence-corrected chi connectivity index (χ4v) is 7.67. The Bertz CT molecular complexity index is 1800. The van der Waals surface area contributed by atoms with Gasteiger partial charge in [-0.25, -0.2) is 26.0 Å². The first-order chi connectivity index (χ1) is 22.4. The van der Waals surface area contributed by atoms with E-state index in [1.807, 2.05) is 0 Å². The number of hydrogen-bond donors (Lipinski definition) is 2. The van der Waals surface area contributed by atoms with Crippen LogP contribution in [0.2, 0.25) is 0 Å². The third-order valence-electron chi connectivity index (χ3n) is 8.52. The van der Waals surface area contributed by atoms with Crippen molar-refractivity contribution in [1.82, 2.24) is 24.4 Å². The van der Waals surface area contributed by atoms with E-state index < -0.39 is 51.0 Å². The predicted molar refractivity (Wildman–Crippen MR) is 168 cm³/mol. The van der Waals surface area contributed by atoms with Gasteiger partial charge in [0.25, 0.3) is 10.0 Å². The van der Waals surface area contributed by atoms with Gasteiger partial charge in [0.15, 0.2) is 5.03 Å². The Labute approximate surface area is 271 Å². The summed E-state index contributed by atoms with van der Waals surface area (Å²) in [7, 11) is -2.19.